The molecule has 0 spiro atoms. The van der Waals surface area contributed by atoms with Crippen molar-refractivity contribution in [1.82, 2.24) is 5.32 Å². The molecule has 0 saturated carbocycles. The molecule has 1 aliphatic heterocycles. The Bertz CT molecular complexity index is 394. The third-order valence-electron chi connectivity index (χ3n) is 2.80. The second-order valence-corrected chi connectivity index (χ2v) is 4.95. The van der Waals surface area contributed by atoms with E-state index in [0.29, 0.717) is 0 Å². The first-order chi connectivity index (χ1) is 7.74. The van der Waals surface area contributed by atoms with Gasteiger partial charge in [-0.1, -0.05) is 12.1 Å². The topological polar surface area (TPSA) is 32.3 Å². The molecule has 3 nitrogen and oxygen atoms in total. The monoisotopic (exact) mass is 236 g/mol. The predicted molar refractivity (Wildman–Crippen MR) is 68.0 cm³/mol. The van der Waals surface area contributed by atoms with Gasteiger partial charge in [-0.2, -0.15) is 0 Å². The molecular formula is C12H16N2OS. The summed E-state index contributed by atoms with van der Waals surface area (Å²) in [7, 11) is 1.81. The van der Waals surface area contributed by atoms with E-state index in [-0.39, 0.29) is 11.9 Å². The second-order valence-electron chi connectivity index (χ2n) is 3.82. The van der Waals surface area contributed by atoms with Crippen LogP contribution in [0.2, 0.25) is 0 Å². The van der Waals surface area contributed by atoms with Gasteiger partial charge < -0.3 is 10.2 Å². The molecule has 16 heavy (non-hydrogen) atoms. The van der Waals surface area contributed by atoms with Gasteiger partial charge in [-0.05, 0) is 26.1 Å². The van der Waals surface area contributed by atoms with Gasteiger partial charge in [0.1, 0.15) is 0 Å². The first-order valence-corrected chi connectivity index (χ1v) is 6.43. The minimum atomic E-state index is -0.129. The number of hydrogen-bond donors (Lipinski definition) is 1. The number of thioether (sulfide) groups is 1. The van der Waals surface area contributed by atoms with Crippen LogP contribution in [-0.2, 0) is 4.79 Å². The van der Waals surface area contributed by atoms with Crippen LogP contribution in [0.3, 0.4) is 0 Å². The van der Waals surface area contributed by atoms with Gasteiger partial charge in [0.05, 0.1) is 11.7 Å². The van der Waals surface area contributed by atoms with Crippen LogP contribution in [0.4, 0.5) is 5.69 Å². The molecule has 1 N–H and O–H groups in total. The van der Waals surface area contributed by atoms with Crippen LogP contribution in [0.5, 0.6) is 0 Å². The van der Waals surface area contributed by atoms with Crippen molar-refractivity contribution in [2.45, 2.75) is 17.9 Å². The molecule has 1 atom stereocenters. The highest BCUT2D eigenvalue weighted by Gasteiger charge is 2.25. The molecule has 86 valence electrons. The van der Waals surface area contributed by atoms with E-state index >= 15 is 0 Å². The number of hydrogen-bond acceptors (Lipinski definition) is 3. The van der Waals surface area contributed by atoms with Crippen molar-refractivity contribution in [3.8, 4) is 0 Å². The molecule has 4 heteroatoms. The molecule has 0 saturated heterocycles. The van der Waals surface area contributed by atoms with Crippen molar-refractivity contribution in [2.24, 2.45) is 0 Å². The lowest BCUT2D eigenvalue weighted by Gasteiger charge is -2.30. The number of para-hydroxylation sites is 1. The number of nitrogens with zero attached hydrogens (tertiary/aromatic N) is 1. The highest BCUT2D eigenvalue weighted by atomic mass is 32.2. The molecule has 1 amide bonds. The van der Waals surface area contributed by atoms with Crippen molar-refractivity contribution in [2.75, 3.05) is 24.2 Å². The minimum absolute atomic E-state index is 0.129. The van der Waals surface area contributed by atoms with Crippen molar-refractivity contribution >= 4 is 23.4 Å². The Kier molecular flexibility index (Phi) is 3.51. The standard InChI is InChI=1S/C12H16N2OS/c1-9(13-2)12(15)14-7-8-16-11-6-4-3-5-10(11)14/h3-6,9,13H,7-8H2,1-2H3. The first kappa shape index (κ1) is 11.5. The first-order valence-electron chi connectivity index (χ1n) is 5.44. The molecule has 1 aromatic rings. The van der Waals surface area contributed by atoms with E-state index < -0.39 is 0 Å². The molecular weight excluding hydrogens is 220 g/mol. The summed E-state index contributed by atoms with van der Waals surface area (Å²) in [5.41, 5.74) is 1.05. The SMILES string of the molecule is CNC(C)C(=O)N1CCSc2ccccc21. The van der Waals surface area contributed by atoms with Crippen LogP contribution in [0.15, 0.2) is 29.2 Å². The van der Waals surface area contributed by atoms with Crippen LogP contribution < -0.4 is 10.2 Å². The highest BCUT2D eigenvalue weighted by Crippen LogP contribution is 2.34. The van der Waals surface area contributed by atoms with Gasteiger partial charge in [-0.25, -0.2) is 0 Å². The number of anilines is 1. The zero-order chi connectivity index (χ0) is 11.5. The number of fused-ring (bicyclic) bond motifs is 1. The van der Waals surface area contributed by atoms with E-state index in [2.05, 4.69) is 11.4 Å². The van der Waals surface area contributed by atoms with Gasteiger partial charge in [-0.15, -0.1) is 11.8 Å². The molecule has 0 fully saturated rings. The smallest absolute Gasteiger partial charge is 0.243 e. The van der Waals surface area contributed by atoms with Crippen LogP contribution in [0.25, 0.3) is 0 Å². The van der Waals surface area contributed by atoms with Gasteiger partial charge in [0.15, 0.2) is 0 Å². The van der Waals surface area contributed by atoms with E-state index in [0.717, 1.165) is 18.0 Å². The van der Waals surface area contributed by atoms with Crippen molar-refractivity contribution in [3.63, 3.8) is 0 Å². The van der Waals surface area contributed by atoms with E-state index in [9.17, 15) is 4.79 Å². The number of likely N-dealkylation sites (N-methyl/N-ethyl adjacent to an activating group) is 1. The Hall–Kier alpha value is -1.00. The number of benzene rings is 1. The summed E-state index contributed by atoms with van der Waals surface area (Å²) in [5, 5.41) is 2.99. The summed E-state index contributed by atoms with van der Waals surface area (Å²) >= 11 is 1.81. The average molecular weight is 236 g/mol. The zero-order valence-corrected chi connectivity index (χ0v) is 10.4. The van der Waals surface area contributed by atoms with E-state index in [4.69, 9.17) is 0 Å². The van der Waals surface area contributed by atoms with Crippen molar-refractivity contribution in [3.05, 3.63) is 24.3 Å². The molecule has 2 rings (SSSR count). The Balaban J connectivity index is 2.28. The number of rotatable bonds is 2. The summed E-state index contributed by atoms with van der Waals surface area (Å²) < 4.78 is 0. The summed E-state index contributed by atoms with van der Waals surface area (Å²) in [6, 6.07) is 7.96. The molecule has 0 bridgehead atoms. The number of amides is 1. The normalized spacial score (nSPS) is 16.8. The van der Waals surface area contributed by atoms with E-state index in [1.807, 2.05) is 48.8 Å². The van der Waals surface area contributed by atoms with Crippen molar-refractivity contribution < 1.29 is 4.79 Å². The lowest BCUT2D eigenvalue weighted by molar-refractivity contribution is -0.120. The van der Waals surface area contributed by atoms with Gasteiger partial charge in [-0.3, -0.25) is 4.79 Å². The molecule has 0 radical (unpaired) electrons. The van der Waals surface area contributed by atoms with E-state index in [1.54, 1.807) is 0 Å². The maximum Gasteiger partial charge on any atom is 0.243 e. The van der Waals surface area contributed by atoms with Gasteiger partial charge in [0, 0.05) is 17.2 Å². The summed E-state index contributed by atoms with van der Waals surface area (Å²) in [4.78, 5) is 15.2. The number of carbonyl (C=O) groups excluding carboxylic acids is 1. The molecule has 1 heterocycles. The van der Waals surface area contributed by atoms with Gasteiger partial charge >= 0.3 is 0 Å². The average Bonchev–Trinajstić information content (AvgIpc) is 2.36. The fourth-order valence-corrected chi connectivity index (χ4v) is 2.75. The Morgan fingerprint density at radius 1 is 1.50 bits per heavy atom. The highest BCUT2D eigenvalue weighted by molar-refractivity contribution is 7.99. The Morgan fingerprint density at radius 3 is 3.00 bits per heavy atom. The lowest BCUT2D eigenvalue weighted by atomic mass is 10.2. The molecule has 1 aliphatic rings. The summed E-state index contributed by atoms with van der Waals surface area (Å²) in [6.45, 7) is 2.69. The second kappa shape index (κ2) is 4.89. The molecule has 0 aromatic heterocycles. The van der Waals surface area contributed by atoms with Gasteiger partial charge in [0.2, 0.25) is 5.91 Å². The third-order valence-corrected chi connectivity index (χ3v) is 3.84. The lowest BCUT2D eigenvalue weighted by Crippen LogP contribution is -2.45. The van der Waals surface area contributed by atoms with E-state index in [1.165, 1.54) is 4.90 Å². The van der Waals surface area contributed by atoms with Crippen LogP contribution in [-0.4, -0.2) is 31.3 Å². The van der Waals surface area contributed by atoms with Gasteiger partial charge in [0.25, 0.3) is 0 Å². The largest absolute Gasteiger partial charge is 0.309 e. The maximum absolute atomic E-state index is 12.1. The fraction of sp³-hybridized carbons (Fsp3) is 0.417. The predicted octanol–water partition coefficient (Wildman–Crippen LogP) is 1.73. The minimum Gasteiger partial charge on any atom is -0.309 e. The molecule has 1 aromatic carbocycles. The molecule has 0 aliphatic carbocycles. The van der Waals surface area contributed by atoms with Crippen molar-refractivity contribution in [1.29, 1.82) is 0 Å². The Morgan fingerprint density at radius 2 is 2.25 bits per heavy atom. The number of carbonyl (C=O) groups is 1. The third kappa shape index (κ3) is 2.08. The molecule has 1 unspecified atom stereocenters. The maximum atomic E-state index is 12.1. The zero-order valence-electron chi connectivity index (χ0n) is 9.56. The Labute approximate surface area is 100 Å². The summed E-state index contributed by atoms with van der Waals surface area (Å²) in [5.74, 6) is 1.12. The fourth-order valence-electron chi connectivity index (χ4n) is 1.76. The quantitative estimate of drug-likeness (QED) is 0.849. The number of nitrogens with one attached hydrogen (secondary N) is 1. The van der Waals surface area contributed by atoms with Crippen LogP contribution >= 0.6 is 11.8 Å². The summed E-state index contributed by atoms with van der Waals surface area (Å²) in [6.07, 6.45) is 0. The van der Waals surface area contributed by atoms with Crippen LogP contribution in [0.1, 0.15) is 6.92 Å². The van der Waals surface area contributed by atoms with Crippen LogP contribution in [0, 0.1) is 0 Å².